The molecule has 2 aromatic heterocycles. The second kappa shape index (κ2) is 5.24. The van der Waals surface area contributed by atoms with E-state index in [0.29, 0.717) is 0 Å². The predicted octanol–water partition coefficient (Wildman–Crippen LogP) is 0.246. The minimum atomic E-state index is 0.725. The first kappa shape index (κ1) is 11.3. The molecule has 2 heterocycles. The van der Waals surface area contributed by atoms with Crippen molar-refractivity contribution in [2.24, 2.45) is 0 Å². The molecule has 17 heavy (non-hydrogen) atoms. The summed E-state index contributed by atoms with van der Waals surface area (Å²) in [6.07, 6.45) is 6.83. The zero-order valence-electron chi connectivity index (χ0n) is 9.91. The molecular weight excluding hydrogens is 218 g/mol. The molecule has 0 unspecified atom stereocenters. The van der Waals surface area contributed by atoms with Crippen molar-refractivity contribution in [3.05, 3.63) is 24.8 Å². The van der Waals surface area contributed by atoms with Crippen LogP contribution in [0.25, 0.3) is 0 Å². The van der Waals surface area contributed by atoms with Crippen molar-refractivity contribution in [1.82, 2.24) is 25.0 Å². The highest BCUT2D eigenvalue weighted by Gasteiger charge is 2.05. The van der Waals surface area contributed by atoms with Gasteiger partial charge in [-0.15, -0.1) is 5.10 Å². The van der Waals surface area contributed by atoms with Gasteiger partial charge in [-0.2, -0.15) is 0 Å². The maximum Gasteiger partial charge on any atom is 0.171 e. The molecule has 0 saturated heterocycles. The van der Waals surface area contributed by atoms with Crippen LogP contribution in [0.15, 0.2) is 24.8 Å². The fraction of sp³-hybridized carbons (Fsp3) is 0.400. The molecule has 2 rings (SSSR count). The lowest BCUT2D eigenvalue weighted by Gasteiger charge is -2.15. The van der Waals surface area contributed by atoms with Crippen LogP contribution in [0.2, 0.25) is 0 Å². The Labute approximate surface area is 99.5 Å². The average molecular weight is 233 g/mol. The first-order valence-corrected chi connectivity index (χ1v) is 5.33. The van der Waals surface area contributed by atoms with E-state index in [1.54, 1.807) is 23.3 Å². The molecule has 0 bridgehead atoms. The molecule has 0 fully saturated rings. The van der Waals surface area contributed by atoms with E-state index in [9.17, 15) is 0 Å². The number of aromatic nitrogens is 5. The third kappa shape index (κ3) is 2.90. The van der Waals surface area contributed by atoms with Crippen LogP contribution in [0.5, 0.6) is 0 Å². The van der Waals surface area contributed by atoms with Crippen LogP contribution in [-0.4, -0.2) is 45.6 Å². The Balaban J connectivity index is 1.94. The second-order valence-corrected chi connectivity index (χ2v) is 3.72. The largest absolute Gasteiger partial charge is 0.365 e. The van der Waals surface area contributed by atoms with Gasteiger partial charge in [0, 0.05) is 39.2 Å². The van der Waals surface area contributed by atoms with E-state index >= 15 is 0 Å². The summed E-state index contributed by atoms with van der Waals surface area (Å²) in [4.78, 5) is 10.4. The van der Waals surface area contributed by atoms with Crippen LogP contribution in [0.1, 0.15) is 0 Å². The Morgan fingerprint density at radius 2 is 2.06 bits per heavy atom. The minimum absolute atomic E-state index is 0.725. The summed E-state index contributed by atoms with van der Waals surface area (Å²) in [5.74, 6) is 1.60. The second-order valence-electron chi connectivity index (χ2n) is 3.72. The van der Waals surface area contributed by atoms with Gasteiger partial charge in [0.2, 0.25) is 0 Å². The summed E-state index contributed by atoms with van der Waals surface area (Å²) in [7, 11) is 3.87. The molecular formula is C10H15N7. The topological polar surface area (TPSA) is 71.8 Å². The molecule has 0 spiro atoms. The van der Waals surface area contributed by atoms with Gasteiger partial charge in [0.05, 0.1) is 12.7 Å². The summed E-state index contributed by atoms with van der Waals surface area (Å²) in [5, 5.41) is 10.9. The number of nitrogens with one attached hydrogen (secondary N) is 1. The first-order chi connectivity index (χ1) is 8.27. The van der Waals surface area contributed by atoms with Gasteiger partial charge in [0.1, 0.15) is 0 Å². The zero-order valence-corrected chi connectivity index (χ0v) is 9.91. The van der Waals surface area contributed by atoms with E-state index in [0.717, 1.165) is 24.7 Å². The van der Waals surface area contributed by atoms with Crippen molar-refractivity contribution in [1.29, 1.82) is 0 Å². The third-order valence-corrected chi connectivity index (χ3v) is 2.21. The number of nitrogens with zero attached hydrogens (tertiary/aromatic N) is 6. The maximum atomic E-state index is 4.26. The van der Waals surface area contributed by atoms with E-state index < -0.39 is 0 Å². The van der Waals surface area contributed by atoms with Crippen molar-refractivity contribution in [3.8, 4) is 0 Å². The van der Waals surface area contributed by atoms with Gasteiger partial charge in [0.25, 0.3) is 0 Å². The Kier molecular flexibility index (Phi) is 3.49. The van der Waals surface area contributed by atoms with Crippen molar-refractivity contribution in [2.75, 3.05) is 30.9 Å². The molecule has 0 aliphatic heterocycles. The summed E-state index contributed by atoms with van der Waals surface area (Å²) < 4.78 is 1.76. The quantitative estimate of drug-likeness (QED) is 0.798. The molecule has 7 heteroatoms. The lowest BCUT2D eigenvalue weighted by molar-refractivity contribution is 0.608. The van der Waals surface area contributed by atoms with Gasteiger partial charge >= 0.3 is 0 Å². The Morgan fingerprint density at radius 1 is 1.24 bits per heavy atom. The smallest absolute Gasteiger partial charge is 0.171 e. The molecule has 0 aromatic carbocycles. The van der Waals surface area contributed by atoms with E-state index in [1.165, 1.54) is 0 Å². The molecule has 7 nitrogen and oxygen atoms in total. The normalized spacial score (nSPS) is 10.2. The fourth-order valence-corrected chi connectivity index (χ4v) is 1.42. The van der Waals surface area contributed by atoms with E-state index in [4.69, 9.17) is 0 Å². The van der Waals surface area contributed by atoms with Gasteiger partial charge < -0.3 is 10.2 Å². The Hall–Kier alpha value is -2.18. The van der Waals surface area contributed by atoms with Gasteiger partial charge in [0.15, 0.2) is 11.6 Å². The van der Waals surface area contributed by atoms with Gasteiger partial charge in [-0.3, -0.25) is 4.68 Å². The van der Waals surface area contributed by atoms with E-state index in [2.05, 4.69) is 25.6 Å². The molecule has 0 radical (unpaired) electrons. The number of anilines is 2. The zero-order chi connectivity index (χ0) is 12.1. The van der Waals surface area contributed by atoms with E-state index in [-0.39, 0.29) is 0 Å². The molecule has 1 N–H and O–H groups in total. The van der Waals surface area contributed by atoms with Crippen LogP contribution < -0.4 is 10.2 Å². The summed E-state index contributed by atoms with van der Waals surface area (Å²) in [5.41, 5.74) is 0. The molecule has 90 valence electrons. The standard InChI is InChI=1S/C10H15N7/c1-16(2)10-9(11-3-4-13-10)12-5-7-17-8-6-14-15-17/h3-4,6,8H,5,7H2,1-2H3,(H,11,12). The van der Waals surface area contributed by atoms with Crippen LogP contribution in [0, 0.1) is 0 Å². The van der Waals surface area contributed by atoms with E-state index in [1.807, 2.05) is 25.2 Å². The number of hydrogen-bond acceptors (Lipinski definition) is 6. The fourth-order valence-electron chi connectivity index (χ4n) is 1.42. The summed E-state index contributed by atoms with van der Waals surface area (Å²) in [6.45, 7) is 1.46. The minimum Gasteiger partial charge on any atom is -0.365 e. The number of rotatable bonds is 5. The Bertz CT molecular complexity index is 451. The first-order valence-electron chi connectivity index (χ1n) is 5.33. The molecule has 0 atom stereocenters. The van der Waals surface area contributed by atoms with Crippen molar-refractivity contribution in [2.45, 2.75) is 6.54 Å². The molecule has 0 aliphatic rings. The number of hydrogen-bond donors (Lipinski definition) is 1. The SMILES string of the molecule is CN(C)c1nccnc1NCCn1ccnn1. The monoisotopic (exact) mass is 233 g/mol. The van der Waals surface area contributed by atoms with Crippen LogP contribution in [0.3, 0.4) is 0 Å². The highest BCUT2D eigenvalue weighted by molar-refractivity contribution is 5.59. The summed E-state index contributed by atoms with van der Waals surface area (Å²) >= 11 is 0. The van der Waals surface area contributed by atoms with Gasteiger partial charge in [-0.1, -0.05) is 5.21 Å². The maximum absolute atomic E-state index is 4.26. The average Bonchev–Trinajstić information content (AvgIpc) is 2.82. The van der Waals surface area contributed by atoms with Crippen LogP contribution in [-0.2, 0) is 6.54 Å². The van der Waals surface area contributed by atoms with Crippen molar-refractivity contribution < 1.29 is 0 Å². The lowest BCUT2D eigenvalue weighted by atomic mass is 10.5. The highest BCUT2D eigenvalue weighted by atomic mass is 15.4. The Morgan fingerprint density at radius 3 is 2.76 bits per heavy atom. The molecule has 2 aromatic rings. The van der Waals surface area contributed by atoms with Crippen LogP contribution >= 0.6 is 0 Å². The van der Waals surface area contributed by atoms with Crippen molar-refractivity contribution in [3.63, 3.8) is 0 Å². The molecule has 0 aliphatic carbocycles. The highest BCUT2D eigenvalue weighted by Crippen LogP contribution is 2.16. The molecule has 0 saturated carbocycles. The predicted molar refractivity (Wildman–Crippen MR) is 64.9 cm³/mol. The lowest BCUT2D eigenvalue weighted by Crippen LogP contribution is -2.17. The van der Waals surface area contributed by atoms with Gasteiger partial charge in [-0.25, -0.2) is 9.97 Å². The van der Waals surface area contributed by atoms with Crippen molar-refractivity contribution >= 4 is 11.6 Å². The van der Waals surface area contributed by atoms with Crippen LogP contribution in [0.4, 0.5) is 11.6 Å². The van der Waals surface area contributed by atoms with Gasteiger partial charge in [-0.05, 0) is 0 Å². The summed E-state index contributed by atoms with van der Waals surface area (Å²) in [6, 6.07) is 0. The molecule has 0 amide bonds. The third-order valence-electron chi connectivity index (χ3n) is 2.21.